The number of ether oxygens (including phenoxy) is 1. The van der Waals surface area contributed by atoms with Gasteiger partial charge in [-0.15, -0.1) is 5.10 Å². The molecule has 4 nitrogen and oxygen atoms in total. The molecule has 2 atom stereocenters. The Morgan fingerprint density at radius 2 is 2.44 bits per heavy atom. The van der Waals surface area contributed by atoms with Crippen molar-refractivity contribution >= 4 is 11.5 Å². The third-order valence-electron chi connectivity index (χ3n) is 3.91. The van der Waals surface area contributed by atoms with E-state index >= 15 is 0 Å². The quantitative estimate of drug-likeness (QED) is 0.858. The molecule has 2 unspecified atom stereocenters. The van der Waals surface area contributed by atoms with Gasteiger partial charge in [-0.25, -0.2) is 0 Å². The molecule has 1 N–H and O–H groups in total. The lowest BCUT2D eigenvalue weighted by Gasteiger charge is -2.48. The van der Waals surface area contributed by atoms with E-state index in [0.717, 1.165) is 37.2 Å². The van der Waals surface area contributed by atoms with Crippen LogP contribution in [0.5, 0.6) is 0 Å². The summed E-state index contributed by atoms with van der Waals surface area (Å²) in [7, 11) is 0. The van der Waals surface area contributed by atoms with Crippen molar-refractivity contribution in [3.8, 4) is 0 Å². The minimum absolute atomic E-state index is 0.0992. The van der Waals surface area contributed by atoms with Crippen LogP contribution in [0, 0.1) is 5.92 Å². The van der Waals surface area contributed by atoms with Gasteiger partial charge in [0.15, 0.2) is 0 Å². The van der Waals surface area contributed by atoms with Gasteiger partial charge in [0, 0.05) is 6.61 Å². The van der Waals surface area contributed by atoms with E-state index in [1.165, 1.54) is 18.0 Å². The average Bonchev–Trinajstić information content (AvgIpc) is 2.79. The van der Waals surface area contributed by atoms with E-state index in [1.807, 2.05) is 0 Å². The molecule has 0 radical (unpaired) electrons. The van der Waals surface area contributed by atoms with E-state index in [9.17, 15) is 5.11 Å². The second kappa shape index (κ2) is 4.05. The van der Waals surface area contributed by atoms with Gasteiger partial charge in [0.25, 0.3) is 0 Å². The summed E-state index contributed by atoms with van der Waals surface area (Å²) < 4.78 is 9.67. The predicted octanol–water partition coefficient (Wildman–Crippen LogP) is 1.92. The Balaban J connectivity index is 1.70. The van der Waals surface area contributed by atoms with Crippen molar-refractivity contribution < 1.29 is 9.84 Å². The molecule has 2 heterocycles. The summed E-state index contributed by atoms with van der Waals surface area (Å²) in [4.78, 5) is 0.890. The Morgan fingerprint density at radius 3 is 3.06 bits per heavy atom. The monoisotopic (exact) mass is 240 g/mol. The molecule has 0 bridgehead atoms. The molecular formula is C11H16N2O2S. The molecule has 1 saturated heterocycles. The van der Waals surface area contributed by atoms with Gasteiger partial charge in [0.2, 0.25) is 0 Å². The van der Waals surface area contributed by atoms with Crippen LogP contribution < -0.4 is 0 Å². The second-order valence-corrected chi connectivity index (χ2v) is 5.72. The van der Waals surface area contributed by atoms with Crippen molar-refractivity contribution in [1.82, 2.24) is 9.59 Å². The van der Waals surface area contributed by atoms with Gasteiger partial charge in [0.05, 0.1) is 22.8 Å². The first-order valence-electron chi connectivity index (χ1n) is 5.88. The molecule has 0 aromatic carbocycles. The third kappa shape index (κ3) is 1.77. The summed E-state index contributed by atoms with van der Waals surface area (Å²) in [5, 5.41) is 14.0. The van der Waals surface area contributed by atoms with Crippen molar-refractivity contribution in [2.75, 3.05) is 6.61 Å². The summed E-state index contributed by atoms with van der Waals surface area (Å²) in [5.74, 6) is 0.316. The second-order valence-electron chi connectivity index (χ2n) is 4.90. The molecule has 2 aliphatic rings. The number of aliphatic hydroxyl groups is 1. The first kappa shape index (κ1) is 10.6. The minimum Gasteiger partial charge on any atom is -0.387 e. The zero-order valence-corrected chi connectivity index (χ0v) is 9.95. The van der Waals surface area contributed by atoms with E-state index in [-0.39, 0.29) is 5.60 Å². The van der Waals surface area contributed by atoms with E-state index in [0.29, 0.717) is 5.92 Å². The molecule has 88 valence electrons. The highest BCUT2D eigenvalue weighted by atomic mass is 32.1. The van der Waals surface area contributed by atoms with Crippen LogP contribution in [0.15, 0.2) is 6.20 Å². The maximum atomic E-state index is 10.3. The normalized spacial score (nSPS) is 29.9. The first-order chi connectivity index (χ1) is 7.79. The van der Waals surface area contributed by atoms with Crippen molar-refractivity contribution in [2.45, 2.75) is 43.8 Å². The van der Waals surface area contributed by atoms with Crippen molar-refractivity contribution in [3.05, 3.63) is 11.1 Å². The lowest BCUT2D eigenvalue weighted by Crippen LogP contribution is -2.46. The highest BCUT2D eigenvalue weighted by Gasteiger charge is 2.44. The molecule has 0 amide bonds. The number of aliphatic hydroxyl groups excluding tert-OH is 1. The number of nitrogens with zero attached hydrogens (tertiary/aromatic N) is 2. The summed E-state index contributed by atoms with van der Waals surface area (Å²) in [6, 6.07) is 0. The average molecular weight is 240 g/mol. The molecule has 2 fully saturated rings. The van der Waals surface area contributed by atoms with Crippen molar-refractivity contribution in [3.63, 3.8) is 0 Å². The molecule has 1 aliphatic carbocycles. The highest BCUT2D eigenvalue weighted by Crippen LogP contribution is 2.47. The fraction of sp³-hybridized carbons (Fsp3) is 0.818. The van der Waals surface area contributed by atoms with Crippen LogP contribution in [-0.4, -0.2) is 26.9 Å². The molecule has 5 heteroatoms. The summed E-state index contributed by atoms with van der Waals surface area (Å²) in [6.45, 7) is 0.786. The zero-order valence-electron chi connectivity index (χ0n) is 9.13. The van der Waals surface area contributed by atoms with Gasteiger partial charge in [0.1, 0.15) is 0 Å². The largest absolute Gasteiger partial charge is 0.387 e. The van der Waals surface area contributed by atoms with Crippen molar-refractivity contribution in [2.24, 2.45) is 5.92 Å². The van der Waals surface area contributed by atoms with Crippen LogP contribution in [0.25, 0.3) is 0 Å². The zero-order chi connectivity index (χ0) is 11.0. The highest BCUT2D eigenvalue weighted by molar-refractivity contribution is 7.05. The topological polar surface area (TPSA) is 55.2 Å². The summed E-state index contributed by atoms with van der Waals surface area (Å²) >= 11 is 1.30. The molecule has 1 aliphatic heterocycles. The predicted molar refractivity (Wildman–Crippen MR) is 60.1 cm³/mol. The smallest absolute Gasteiger partial charge is 0.0944 e. The van der Waals surface area contributed by atoms with Crippen LogP contribution in [0.4, 0.5) is 0 Å². The number of hydrogen-bond donors (Lipinski definition) is 1. The van der Waals surface area contributed by atoms with Gasteiger partial charge in [-0.1, -0.05) is 4.49 Å². The lowest BCUT2D eigenvalue weighted by molar-refractivity contribution is -0.157. The minimum atomic E-state index is -0.402. The fourth-order valence-electron chi connectivity index (χ4n) is 2.79. The molecule has 1 saturated carbocycles. The van der Waals surface area contributed by atoms with Gasteiger partial charge in [-0.2, -0.15) is 0 Å². The number of aromatic nitrogens is 2. The summed E-state index contributed by atoms with van der Waals surface area (Å²) in [6.07, 6.45) is 6.81. The van der Waals surface area contributed by atoms with Crippen molar-refractivity contribution in [1.29, 1.82) is 0 Å². The molecular weight excluding hydrogens is 224 g/mol. The Morgan fingerprint density at radius 1 is 1.56 bits per heavy atom. The first-order valence-corrected chi connectivity index (χ1v) is 6.66. The van der Waals surface area contributed by atoms with Gasteiger partial charge in [-0.05, 0) is 49.6 Å². The standard InChI is InChI=1S/C11H16N2O2S/c14-10(9-7-12-13-16-9)8-2-5-15-11(6-8)3-1-4-11/h7-8,10,14H,1-6H2. The molecule has 3 rings (SSSR count). The van der Waals surface area contributed by atoms with Crippen LogP contribution in [-0.2, 0) is 4.74 Å². The third-order valence-corrected chi connectivity index (χ3v) is 4.65. The SMILES string of the molecule is OC(c1cnns1)C1CCOC2(CCC2)C1. The van der Waals surface area contributed by atoms with E-state index in [2.05, 4.69) is 9.59 Å². The molecule has 1 aromatic rings. The van der Waals surface area contributed by atoms with E-state index in [4.69, 9.17) is 4.74 Å². The lowest BCUT2D eigenvalue weighted by atomic mass is 9.71. The molecule has 16 heavy (non-hydrogen) atoms. The van der Waals surface area contributed by atoms with E-state index in [1.54, 1.807) is 6.20 Å². The number of rotatable bonds is 2. The number of hydrogen-bond acceptors (Lipinski definition) is 5. The van der Waals surface area contributed by atoms with Crippen LogP contribution in [0.2, 0.25) is 0 Å². The Hall–Kier alpha value is -0.520. The van der Waals surface area contributed by atoms with Crippen LogP contribution in [0.1, 0.15) is 43.1 Å². The van der Waals surface area contributed by atoms with Gasteiger partial charge >= 0.3 is 0 Å². The maximum absolute atomic E-state index is 10.3. The Bertz CT molecular complexity index is 351. The van der Waals surface area contributed by atoms with E-state index < -0.39 is 6.10 Å². The van der Waals surface area contributed by atoms with Crippen LogP contribution in [0.3, 0.4) is 0 Å². The maximum Gasteiger partial charge on any atom is 0.0944 e. The fourth-order valence-corrected chi connectivity index (χ4v) is 3.38. The van der Waals surface area contributed by atoms with Gasteiger partial charge < -0.3 is 9.84 Å². The van der Waals surface area contributed by atoms with Gasteiger partial charge in [-0.3, -0.25) is 0 Å². The Labute approximate surface area is 98.8 Å². The van der Waals surface area contributed by atoms with Crippen LogP contribution >= 0.6 is 11.5 Å². The Kier molecular flexibility index (Phi) is 2.69. The summed E-state index contributed by atoms with van der Waals surface area (Å²) in [5.41, 5.74) is 0.0992. The molecule has 1 spiro atoms. The molecule has 1 aromatic heterocycles.